The summed E-state index contributed by atoms with van der Waals surface area (Å²) in [5.41, 5.74) is 3.97. The van der Waals surface area contributed by atoms with Crippen molar-refractivity contribution < 1.29 is 4.74 Å². The number of likely N-dealkylation sites (tertiary alicyclic amines) is 1. The van der Waals surface area contributed by atoms with Gasteiger partial charge < -0.3 is 4.74 Å². The van der Waals surface area contributed by atoms with Crippen LogP contribution < -0.4 is 4.74 Å². The van der Waals surface area contributed by atoms with Crippen LogP contribution in [0.2, 0.25) is 0 Å². The lowest BCUT2D eigenvalue weighted by Crippen LogP contribution is -2.29. The molecule has 1 aliphatic heterocycles. The molecule has 17 heavy (non-hydrogen) atoms. The summed E-state index contributed by atoms with van der Waals surface area (Å²) in [5, 5.41) is 0. The van der Waals surface area contributed by atoms with E-state index < -0.39 is 0 Å². The van der Waals surface area contributed by atoms with Crippen LogP contribution in [-0.2, 0) is 6.54 Å². The van der Waals surface area contributed by atoms with Gasteiger partial charge in [0.2, 0.25) is 0 Å². The SMILES string of the molecule is COc1cc(CN2CCCCC2)cc(C)c1C. The van der Waals surface area contributed by atoms with Crippen LogP contribution in [0, 0.1) is 13.8 Å². The highest BCUT2D eigenvalue weighted by atomic mass is 16.5. The van der Waals surface area contributed by atoms with Crippen molar-refractivity contribution in [3.8, 4) is 5.75 Å². The first kappa shape index (κ1) is 12.4. The molecule has 0 aliphatic carbocycles. The second kappa shape index (κ2) is 5.54. The predicted octanol–water partition coefficient (Wildman–Crippen LogP) is 3.30. The number of rotatable bonds is 3. The fourth-order valence-corrected chi connectivity index (χ4v) is 2.58. The molecule has 0 atom stereocenters. The summed E-state index contributed by atoms with van der Waals surface area (Å²) in [7, 11) is 1.76. The first-order valence-corrected chi connectivity index (χ1v) is 6.57. The topological polar surface area (TPSA) is 12.5 Å². The summed E-state index contributed by atoms with van der Waals surface area (Å²) in [6, 6.07) is 4.49. The largest absolute Gasteiger partial charge is 0.496 e. The normalized spacial score (nSPS) is 17.1. The smallest absolute Gasteiger partial charge is 0.122 e. The highest BCUT2D eigenvalue weighted by Crippen LogP contribution is 2.24. The molecule has 0 radical (unpaired) electrons. The van der Waals surface area contributed by atoms with Crippen molar-refractivity contribution in [3.63, 3.8) is 0 Å². The summed E-state index contributed by atoms with van der Waals surface area (Å²) in [4.78, 5) is 2.55. The summed E-state index contributed by atoms with van der Waals surface area (Å²) >= 11 is 0. The molecule has 94 valence electrons. The number of nitrogens with zero attached hydrogens (tertiary/aromatic N) is 1. The molecule has 2 heteroatoms. The van der Waals surface area contributed by atoms with Crippen LogP contribution in [0.5, 0.6) is 5.75 Å². The van der Waals surface area contributed by atoms with Crippen molar-refractivity contribution in [2.24, 2.45) is 0 Å². The molecule has 0 bridgehead atoms. The van der Waals surface area contributed by atoms with E-state index in [0.717, 1.165) is 12.3 Å². The van der Waals surface area contributed by atoms with Crippen molar-refractivity contribution in [1.29, 1.82) is 0 Å². The van der Waals surface area contributed by atoms with Gasteiger partial charge in [-0.3, -0.25) is 4.90 Å². The zero-order valence-electron chi connectivity index (χ0n) is 11.3. The second-order valence-corrected chi connectivity index (χ2v) is 5.08. The number of hydrogen-bond donors (Lipinski definition) is 0. The molecule has 2 rings (SSSR count). The minimum Gasteiger partial charge on any atom is -0.496 e. The van der Waals surface area contributed by atoms with Gasteiger partial charge in [-0.25, -0.2) is 0 Å². The molecule has 0 unspecified atom stereocenters. The van der Waals surface area contributed by atoms with Crippen molar-refractivity contribution in [2.75, 3.05) is 20.2 Å². The van der Waals surface area contributed by atoms with E-state index in [0.29, 0.717) is 0 Å². The number of piperidine rings is 1. The Morgan fingerprint density at radius 2 is 1.82 bits per heavy atom. The zero-order chi connectivity index (χ0) is 12.3. The van der Waals surface area contributed by atoms with Crippen LogP contribution in [0.1, 0.15) is 36.0 Å². The molecule has 1 aromatic rings. The Labute approximate surface area is 105 Å². The molecule has 2 nitrogen and oxygen atoms in total. The number of methoxy groups -OCH3 is 1. The van der Waals surface area contributed by atoms with Crippen LogP contribution in [0.3, 0.4) is 0 Å². The fraction of sp³-hybridized carbons (Fsp3) is 0.600. The molecule has 0 aromatic heterocycles. The van der Waals surface area contributed by atoms with Gasteiger partial charge in [0.15, 0.2) is 0 Å². The van der Waals surface area contributed by atoms with E-state index >= 15 is 0 Å². The zero-order valence-corrected chi connectivity index (χ0v) is 11.3. The minimum absolute atomic E-state index is 1.03. The fourth-order valence-electron chi connectivity index (χ4n) is 2.58. The molecule has 0 N–H and O–H groups in total. The predicted molar refractivity (Wildman–Crippen MR) is 71.6 cm³/mol. The van der Waals surface area contributed by atoms with Crippen molar-refractivity contribution >= 4 is 0 Å². The van der Waals surface area contributed by atoms with Gasteiger partial charge in [-0.2, -0.15) is 0 Å². The Hall–Kier alpha value is -1.02. The average molecular weight is 233 g/mol. The third kappa shape index (κ3) is 3.01. The van der Waals surface area contributed by atoms with Gasteiger partial charge in [0.05, 0.1) is 7.11 Å². The number of ether oxygens (including phenoxy) is 1. The van der Waals surface area contributed by atoms with E-state index in [1.165, 1.54) is 49.0 Å². The van der Waals surface area contributed by atoms with Gasteiger partial charge in [-0.1, -0.05) is 12.5 Å². The van der Waals surface area contributed by atoms with Crippen LogP contribution in [0.25, 0.3) is 0 Å². The summed E-state index contributed by atoms with van der Waals surface area (Å²) in [5.74, 6) is 1.03. The third-order valence-corrected chi connectivity index (χ3v) is 3.75. The van der Waals surface area contributed by atoms with Crippen molar-refractivity contribution in [1.82, 2.24) is 4.90 Å². The van der Waals surface area contributed by atoms with Crippen LogP contribution in [0.4, 0.5) is 0 Å². The monoisotopic (exact) mass is 233 g/mol. The van der Waals surface area contributed by atoms with Crippen molar-refractivity contribution in [3.05, 3.63) is 28.8 Å². The molecule has 1 aromatic carbocycles. The molecule has 1 fully saturated rings. The van der Waals surface area contributed by atoms with E-state index in [1.807, 2.05) is 0 Å². The number of aryl methyl sites for hydroxylation is 1. The van der Waals surface area contributed by atoms with Gasteiger partial charge in [0, 0.05) is 6.54 Å². The number of benzene rings is 1. The maximum Gasteiger partial charge on any atom is 0.122 e. The second-order valence-electron chi connectivity index (χ2n) is 5.08. The Morgan fingerprint density at radius 3 is 2.47 bits per heavy atom. The summed E-state index contributed by atoms with van der Waals surface area (Å²) in [6.07, 6.45) is 4.09. The minimum atomic E-state index is 1.03. The van der Waals surface area contributed by atoms with E-state index in [-0.39, 0.29) is 0 Å². The van der Waals surface area contributed by atoms with E-state index in [1.54, 1.807) is 7.11 Å². The summed E-state index contributed by atoms with van der Waals surface area (Å²) in [6.45, 7) is 7.85. The van der Waals surface area contributed by atoms with Crippen LogP contribution in [-0.4, -0.2) is 25.1 Å². The van der Waals surface area contributed by atoms with E-state index in [2.05, 4.69) is 30.9 Å². The van der Waals surface area contributed by atoms with E-state index in [4.69, 9.17) is 4.74 Å². The Bertz CT molecular complexity index is 381. The Kier molecular flexibility index (Phi) is 4.06. The molecule has 0 spiro atoms. The Balaban J connectivity index is 2.12. The molecule has 0 saturated carbocycles. The van der Waals surface area contributed by atoms with Crippen molar-refractivity contribution in [2.45, 2.75) is 39.7 Å². The molecular formula is C15H23NO. The van der Waals surface area contributed by atoms with Crippen LogP contribution in [0.15, 0.2) is 12.1 Å². The lowest BCUT2D eigenvalue weighted by atomic mass is 10.0. The highest BCUT2D eigenvalue weighted by Gasteiger charge is 2.12. The lowest BCUT2D eigenvalue weighted by molar-refractivity contribution is 0.220. The average Bonchev–Trinajstić information content (AvgIpc) is 2.35. The van der Waals surface area contributed by atoms with Gasteiger partial charge in [-0.05, 0) is 62.5 Å². The van der Waals surface area contributed by atoms with E-state index in [9.17, 15) is 0 Å². The molecule has 0 amide bonds. The van der Waals surface area contributed by atoms with Gasteiger partial charge >= 0.3 is 0 Å². The number of hydrogen-bond acceptors (Lipinski definition) is 2. The molecule has 1 heterocycles. The lowest BCUT2D eigenvalue weighted by Gasteiger charge is -2.26. The summed E-state index contributed by atoms with van der Waals surface area (Å²) < 4.78 is 5.44. The first-order valence-electron chi connectivity index (χ1n) is 6.57. The molecular weight excluding hydrogens is 210 g/mol. The van der Waals surface area contributed by atoms with Gasteiger partial charge in [0.25, 0.3) is 0 Å². The van der Waals surface area contributed by atoms with Gasteiger partial charge in [0.1, 0.15) is 5.75 Å². The van der Waals surface area contributed by atoms with Crippen LogP contribution >= 0.6 is 0 Å². The maximum absolute atomic E-state index is 5.44. The molecule has 1 saturated heterocycles. The molecule has 1 aliphatic rings. The van der Waals surface area contributed by atoms with Gasteiger partial charge in [-0.15, -0.1) is 0 Å². The quantitative estimate of drug-likeness (QED) is 0.794. The Morgan fingerprint density at radius 1 is 1.12 bits per heavy atom. The highest BCUT2D eigenvalue weighted by molar-refractivity contribution is 5.42. The maximum atomic E-state index is 5.44. The first-order chi connectivity index (χ1) is 8.20. The third-order valence-electron chi connectivity index (χ3n) is 3.75. The standard InChI is InChI=1S/C15H23NO/c1-12-9-14(10-15(17-3)13(12)2)11-16-7-5-4-6-8-16/h9-10H,4-8,11H2,1-3H3.